The summed E-state index contributed by atoms with van der Waals surface area (Å²) in [4.78, 5) is 27.5. The van der Waals surface area contributed by atoms with Crippen LogP contribution in [-0.4, -0.2) is 40.7 Å². The van der Waals surface area contributed by atoms with Crippen LogP contribution in [-0.2, 0) is 22.3 Å². The molecule has 2 saturated heterocycles. The monoisotopic (exact) mass is 354 g/mol. The molecule has 0 spiro atoms. The number of hydrogen-bond donors (Lipinski definition) is 0. The Labute approximate surface area is 144 Å². The Morgan fingerprint density at radius 2 is 1.88 bits per heavy atom. The Morgan fingerprint density at radius 1 is 1.20 bits per heavy atom. The predicted molar refractivity (Wildman–Crippen MR) is 85.4 cm³/mol. The summed E-state index contributed by atoms with van der Waals surface area (Å²) in [5.74, 6) is 0.326. The van der Waals surface area contributed by atoms with Crippen LogP contribution in [0.5, 0.6) is 0 Å². The topological polar surface area (TPSA) is 40.6 Å². The minimum Gasteiger partial charge on any atom is -0.343 e. The van der Waals surface area contributed by atoms with Crippen molar-refractivity contribution in [2.45, 2.75) is 44.9 Å². The molecule has 2 fully saturated rings. The molecular weight excluding hydrogens is 333 g/mol. The summed E-state index contributed by atoms with van der Waals surface area (Å²) in [6.07, 6.45) is -2.45. The largest absolute Gasteiger partial charge is 0.416 e. The first-order valence-electron chi connectivity index (χ1n) is 8.47. The molecule has 0 aliphatic carbocycles. The SMILES string of the molecule is CC(=O)N1CC[C@H]2[C@H](CCC(=O)N2Cc2ccc(C(F)(F)F)cc2)C1. The Kier molecular flexibility index (Phi) is 4.75. The van der Waals surface area contributed by atoms with Crippen molar-refractivity contribution in [3.63, 3.8) is 0 Å². The normalized spacial score (nSPS) is 24.2. The average molecular weight is 354 g/mol. The second-order valence-electron chi connectivity index (χ2n) is 6.84. The second-order valence-corrected chi connectivity index (χ2v) is 6.84. The number of carbonyl (C=O) groups is 2. The summed E-state index contributed by atoms with van der Waals surface area (Å²) in [6, 6.07) is 5.03. The van der Waals surface area contributed by atoms with Crippen LogP contribution < -0.4 is 0 Å². The fraction of sp³-hybridized carbons (Fsp3) is 0.556. The van der Waals surface area contributed by atoms with Crippen molar-refractivity contribution in [3.8, 4) is 0 Å². The molecule has 1 aromatic carbocycles. The Balaban J connectivity index is 1.72. The van der Waals surface area contributed by atoms with E-state index in [2.05, 4.69) is 0 Å². The van der Waals surface area contributed by atoms with Gasteiger partial charge in [-0.25, -0.2) is 0 Å². The maximum absolute atomic E-state index is 12.7. The molecule has 2 atom stereocenters. The number of nitrogens with zero attached hydrogens (tertiary/aromatic N) is 2. The standard InChI is InChI=1S/C18H21F3N2O2/c1-12(24)22-9-8-16-14(11-22)4-7-17(25)23(16)10-13-2-5-15(6-3-13)18(19,20)21/h2-3,5-6,14,16H,4,7-11H2,1H3/t14-,16+/m1/s1. The molecular formula is C18H21F3N2O2. The van der Waals surface area contributed by atoms with Crippen LogP contribution in [0.3, 0.4) is 0 Å². The highest BCUT2D eigenvalue weighted by Gasteiger charge is 2.39. The fourth-order valence-electron chi connectivity index (χ4n) is 3.84. The predicted octanol–water partition coefficient (Wildman–Crippen LogP) is 3.06. The number of fused-ring (bicyclic) bond motifs is 1. The van der Waals surface area contributed by atoms with Gasteiger partial charge in [-0.2, -0.15) is 13.2 Å². The maximum atomic E-state index is 12.7. The van der Waals surface area contributed by atoms with E-state index in [1.54, 1.807) is 11.8 Å². The van der Waals surface area contributed by atoms with E-state index >= 15 is 0 Å². The Bertz CT molecular complexity index is 657. The quantitative estimate of drug-likeness (QED) is 0.819. The summed E-state index contributed by atoms with van der Waals surface area (Å²) in [6.45, 7) is 3.14. The number of alkyl halides is 3. The van der Waals surface area contributed by atoms with E-state index < -0.39 is 11.7 Å². The van der Waals surface area contributed by atoms with Gasteiger partial charge in [-0.1, -0.05) is 12.1 Å². The van der Waals surface area contributed by atoms with Crippen molar-refractivity contribution >= 4 is 11.8 Å². The number of carbonyl (C=O) groups excluding carboxylic acids is 2. The van der Waals surface area contributed by atoms with Gasteiger partial charge < -0.3 is 9.80 Å². The highest BCUT2D eigenvalue weighted by molar-refractivity contribution is 5.78. The minimum atomic E-state index is -4.36. The van der Waals surface area contributed by atoms with E-state index in [4.69, 9.17) is 0 Å². The molecule has 0 N–H and O–H groups in total. The molecule has 0 aromatic heterocycles. The average Bonchev–Trinajstić information content (AvgIpc) is 2.56. The highest BCUT2D eigenvalue weighted by atomic mass is 19.4. The van der Waals surface area contributed by atoms with Gasteiger partial charge in [0, 0.05) is 39.0 Å². The molecule has 1 aromatic rings. The van der Waals surface area contributed by atoms with Crippen LogP contribution in [0.4, 0.5) is 13.2 Å². The second kappa shape index (κ2) is 6.69. The Hall–Kier alpha value is -2.05. The first kappa shape index (κ1) is 17.8. The zero-order valence-corrected chi connectivity index (χ0v) is 14.1. The molecule has 0 bridgehead atoms. The zero-order chi connectivity index (χ0) is 18.2. The van der Waals surface area contributed by atoms with Crippen molar-refractivity contribution in [2.24, 2.45) is 5.92 Å². The molecule has 0 unspecified atom stereocenters. The smallest absolute Gasteiger partial charge is 0.343 e. The lowest BCUT2D eigenvalue weighted by Crippen LogP contribution is -2.56. The Morgan fingerprint density at radius 3 is 2.48 bits per heavy atom. The lowest BCUT2D eigenvalue weighted by Gasteiger charge is -2.47. The minimum absolute atomic E-state index is 0.0393. The number of piperidine rings is 2. The van der Waals surface area contributed by atoms with Crippen molar-refractivity contribution in [3.05, 3.63) is 35.4 Å². The molecule has 7 heteroatoms. The summed E-state index contributed by atoms with van der Waals surface area (Å²) >= 11 is 0. The summed E-state index contributed by atoms with van der Waals surface area (Å²) in [5.41, 5.74) is 0.00450. The molecule has 0 saturated carbocycles. The van der Waals surface area contributed by atoms with E-state index in [0.29, 0.717) is 31.6 Å². The van der Waals surface area contributed by atoms with E-state index in [-0.39, 0.29) is 23.8 Å². The van der Waals surface area contributed by atoms with E-state index in [1.807, 2.05) is 4.90 Å². The van der Waals surface area contributed by atoms with Gasteiger partial charge in [-0.15, -0.1) is 0 Å². The third kappa shape index (κ3) is 3.80. The van der Waals surface area contributed by atoms with Crippen LogP contribution in [0.25, 0.3) is 0 Å². The summed E-state index contributed by atoms with van der Waals surface area (Å²) < 4.78 is 38.0. The first-order valence-corrected chi connectivity index (χ1v) is 8.47. The zero-order valence-electron chi connectivity index (χ0n) is 14.1. The van der Waals surface area contributed by atoms with Gasteiger partial charge in [-0.05, 0) is 36.5 Å². The molecule has 136 valence electrons. The lowest BCUT2D eigenvalue weighted by molar-refractivity contribution is -0.144. The highest BCUT2D eigenvalue weighted by Crippen LogP contribution is 2.33. The van der Waals surface area contributed by atoms with Crippen LogP contribution >= 0.6 is 0 Å². The number of hydrogen-bond acceptors (Lipinski definition) is 2. The number of amides is 2. The third-order valence-corrected chi connectivity index (χ3v) is 5.22. The molecule has 2 amide bonds. The van der Waals surface area contributed by atoms with Gasteiger partial charge >= 0.3 is 6.18 Å². The molecule has 3 rings (SSSR count). The van der Waals surface area contributed by atoms with Crippen molar-refractivity contribution in [1.82, 2.24) is 9.80 Å². The number of rotatable bonds is 2. The third-order valence-electron chi connectivity index (χ3n) is 5.22. The van der Waals surface area contributed by atoms with Crippen LogP contribution in [0.15, 0.2) is 24.3 Å². The molecule has 2 aliphatic rings. The van der Waals surface area contributed by atoms with E-state index in [0.717, 1.165) is 25.0 Å². The van der Waals surface area contributed by atoms with Crippen LogP contribution in [0.2, 0.25) is 0 Å². The van der Waals surface area contributed by atoms with Gasteiger partial charge in [-0.3, -0.25) is 9.59 Å². The van der Waals surface area contributed by atoms with Crippen LogP contribution in [0, 0.1) is 5.92 Å². The van der Waals surface area contributed by atoms with Crippen molar-refractivity contribution in [2.75, 3.05) is 13.1 Å². The summed E-state index contributed by atoms with van der Waals surface area (Å²) in [5, 5.41) is 0. The number of halogens is 3. The van der Waals surface area contributed by atoms with Crippen molar-refractivity contribution in [1.29, 1.82) is 0 Å². The molecule has 0 radical (unpaired) electrons. The van der Waals surface area contributed by atoms with E-state index in [9.17, 15) is 22.8 Å². The number of likely N-dealkylation sites (tertiary alicyclic amines) is 2. The molecule has 2 heterocycles. The van der Waals surface area contributed by atoms with Gasteiger partial charge in [0.1, 0.15) is 0 Å². The van der Waals surface area contributed by atoms with Crippen molar-refractivity contribution < 1.29 is 22.8 Å². The first-order chi connectivity index (χ1) is 11.8. The van der Waals surface area contributed by atoms with Gasteiger partial charge in [0.15, 0.2) is 0 Å². The van der Waals surface area contributed by atoms with E-state index in [1.165, 1.54) is 12.1 Å². The van der Waals surface area contributed by atoms with Gasteiger partial charge in [0.05, 0.1) is 5.56 Å². The molecule has 25 heavy (non-hydrogen) atoms. The maximum Gasteiger partial charge on any atom is 0.416 e. The fourth-order valence-corrected chi connectivity index (χ4v) is 3.84. The molecule has 4 nitrogen and oxygen atoms in total. The summed E-state index contributed by atoms with van der Waals surface area (Å²) in [7, 11) is 0. The van der Waals surface area contributed by atoms with Crippen LogP contribution in [0.1, 0.15) is 37.3 Å². The number of benzene rings is 1. The lowest BCUT2D eigenvalue weighted by atomic mass is 9.83. The van der Waals surface area contributed by atoms with Gasteiger partial charge in [0.25, 0.3) is 0 Å². The molecule has 2 aliphatic heterocycles. The van der Waals surface area contributed by atoms with Gasteiger partial charge in [0.2, 0.25) is 11.8 Å².